The maximum atomic E-state index is 12.2. The Morgan fingerprint density at radius 1 is 1.35 bits per heavy atom. The number of carbonyl (C=O) groups is 2. The molecule has 0 aliphatic heterocycles. The van der Waals surface area contributed by atoms with Crippen molar-refractivity contribution in [3.8, 4) is 0 Å². The van der Waals surface area contributed by atoms with Crippen molar-refractivity contribution in [1.82, 2.24) is 15.6 Å². The van der Waals surface area contributed by atoms with Crippen LogP contribution in [0.4, 0.5) is 10.8 Å². The molecule has 10 heteroatoms. The lowest BCUT2D eigenvalue weighted by molar-refractivity contribution is -0.122. The number of aromatic nitrogens is 1. The van der Waals surface area contributed by atoms with Gasteiger partial charge in [-0.2, -0.15) is 0 Å². The fourth-order valence-corrected chi connectivity index (χ4v) is 2.97. The number of rotatable bonds is 8. The Labute approximate surface area is 165 Å². The van der Waals surface area contributed by atoms with Crippen LogP contribution in [0.25, 0.3) is 0 Å². The van der Waals surface area contributed by atoms with Gasteiger partial charge in [0.1, 0.15) is 11.7 Å². The Balaban J connectivity index is 1.95. The van der Waals surface area contributed by atoms with E-state index >= 15 is 0 Å². The molecule has 0 fully saturated rings. The highest BCUT2D eigenvalue weighted by atomic mass is 35.5. The molecule has 1 aromatic heterocycles. The lowest BCUT2D eigenvalue weighted by Gasteiger charge is -2.13. The van der Waals surface area contributed by atoms with Crippen LogP contribution in [0.15, 0.2) is 23.6 Å². The van der Waals surface area contributed by atoms with Crippen LogP contribution in [-0.2, 0) is 9.53 Å². The first-order valence-corrected chi connectivity index (χ1v) is 9.30. The lowest BCUT2D eigenvalue weighted by atomic mass is 10.3. The number of nitrogens with one attached hydrogen (secondary N) is 3. The maximum absolute atomic E-state index is 12.2. The highest BCUT2D eigenvalue weighted by Crippen LogP contribution is 2.32. The third-order valence-corrected chi connectivity index (χ3v) is 4.85. The minimum absolute atomic E-state index is 0.201. The van der Waals surface area contributed by atoms with Crippen LogP contribution in [0.1, 0.15) is 17.4 Å². The van der Waals surface area contributed by atoms with E-state index in [-0.39, 0.29) is 11.6 Å². The molecule has 0 saturated carbocycles. The van der Waals surface area contributed by atoms with Gasteiger partial charge in [-0.05, 0) is 19.1 Å². The van der Waals surface area contributed by atoms with E-state index in [0.29, 0.717) is 34.0 Å². The van der Waals surface area contributed by atoms with Gasteiger partial charge in [-0.3, -0.25) is 9.59 Å². The van der Waals surface area contributed by atoms with Crippen LogP contribution in [0, 0.1) is 0 Å². The summed E-state index contributed by atoms with van der Waals surface area (Å²) in [4.78, 5) is 28.3. The lowest BCUT2D eigenvalue weighted by Crippen LogP contribution is -2.45. The Hall–Kier alpha value is -1.87. The monoisotopic (exact) mass is 416 g/mol. The molecule has 1 unspecified atom stereocenters. The first-order chi connectivity index (χ1) is 12.4. The Morgan fingerprint density at radius 2 is 2.12 bits per heavy atom. The number of hydrogen-bond acceptors (Lipinski definition) is 6. The van der Waals surface area contributed by atoms with Crippen molar-refractivity contribution in [2.75, 3.05) is 25.6 Å². The van der Waals surface area contributed by atoms with Gasteiger partial charge in [0.15, 0.2) is 5.13 Å². The number of nitrogens with zero attached hydrogens (tertiary/aromatic N) is 1. The molecule has 0 saturated heterocycles. The molecule has 3 N–H and O–H groups in total. The largest absolute Gasteiger partial charge is 0.383 e. The average Bonchev–Trinajstić information content (AvgIpc) is 3.07. The van der Waals surface area contributed by atoms with Gasteiger partial charge in [0.2, 0.25) is 5.91 Å². The van der Waals surface area contributed by atoms with Gasteiger partial charge in [-0.25, -0.2) is 4.98 Å². The summed E-state index contributed by atoms with van der Waals surface area (Å²) in [6, 6.07) is 4.48. The Morgan fingerprint density at radius 3 is 2.85 bits per heavy atom. The first-order valence-electron chi connectivity index (χ1n) is 7.66. The van der Waals surface area contributed by atoms with E-state index in [1.165, 1.54) is 11.3 Å². The van der Waals surface area contributed by atoms with Gasteiger partial charge in [0, 0.05) is 19.0 Å². The van der Waals surface area contributed by atoms with Gasteiger partial charge in [-0.1, -0.05) is 29.3 Å². The van der Waals surface area contributed by atoms with Crippen molar-refractivity contribution in [3.05, 3.63) is 39.3 Å². The van der Waals surface area contributed by atoms with Crippen molar-refractivity contribution in [1.29, 1.82) is 0 Å². The predicted molar refractivity (Wildman–Crippen MR) is 104 cm³/mol. The SMILES string of the molecule is COCCNC(=O)C(C)NC(=O)c1csc(Nc2cccc(Cl)c2Cl)n1. The molecule has 2 amide bonds. The number of amides is 2. The van der Waals surface area contributed by atoms with Crippen molar-refractivity contribution in [2.24, 2.45) is 0 Å². The number of carbonyl (C=O) groups excluding carboxylic acids is 2. The van der Waals surface area contributed by atoms with E-state index in [4.69, 9.17) is 27.9 Å². The molecule has 2 aromatic rings. The number of anilines is 2. The zero-order valence-electron chi connectivity index (χ0n) is 14.1. The fourth-order valence-electron chi connectivity index (χ4n) is 1.92. The van der Waals surface area contributed by atoms with Crippen LogP contribution in [-0.4, -0.2) is 43.1 Å². The van der Waals surface area contributed by atoms with Gasteiger partial charge >= 0.3 is 0 Å². The molecule has 0 aliphatic carbocycles. The van der Waals surface area contributed by atoms with E-state index in [1.54, 1.807) is 37.6 Å². The van der Waals surface area contributed by atoms with E-state index in [1.807, 2.05) is 0 Å². The summed E-state index contributed by atoms with van der Waals surface area (Å²) in [5.41, 5.74) is 0.790. The highest BCUT2D eigenvalue weighted by molar-refractivity contribution is 7.14. The first kappa shape index (κ1) is 20.4. The number of halogens is 2. The number of methoxy groups -OCH3 is 1. The van der Waals surface area contributed by atoms with E-state index in [0.717, 1.165) is 0 Å². The fraction of sp³-hybridized carbons (Fsp3) is 0.312. The summed E-state index contributed by atoms with van der Waals surface area (Å²) in [5, 5.41) is 11.1. The minimum atomic E-state index is -0.695. The number of benzene rings is 1. The molecule has 1 atom stereocenters. The summed E-state index contributed by atoms with van der Waals surface area (Å²) < 4.78 is 4.85. The van der Waals surface area contributed by atoms with Crippen molar-refractivity contribution < 1.29 is 14.3 Å². The van der Waals surface area contributed by atoms with Crippen LogP contribution >= 0.6 is 34.5 Å². The standard InChI is InChI=1S/C16H18Cl2N4O3S/c1-9(14(23)19-6-7-25-2)20-15(24)12-8-26-16(22-12)21-11-5-3-4-10(17)13(11)18/h3-5,8-9H,6-7H2,1-2H3,(H,19,23)(H,20,24)(H,21,22). The second-order valence-corrected chi connectivity index (χ2v) is 6.89. The molecule has 0 bridgehead atoms. The maximum Gasteiger partial charge on any atom is 0.271 e. The molecular formula is C16H18Cl2N4O3S. The van der Waals surface area contributed by atoms with Gasteiger partial charge in [0.25, 0.3) is 5.91 Å². The normalized spacial score (nSPS) is 11.7. The number of thiazole rings is 1. The molecule has 2 rings (SSSR count). The third-order valence-electron chi connectivity index (χ3n) is 3.28. The van der Waals surface area contributed by atoms with Crippen molar-refractivity contribution >= 4 is 57.2 Å². The summed E-state index contributed by atoms with van der Waals surface area (Å²) in [7, 11) is 1.54. The third kappa shape index (κ3) is 5.57. The second-order valence-electron chi connectivity index (χ2n) is 5.24. The Kier molecular flexibility index (Phi) is 7.65. The molecular weight excluding hydrogens is 399 g/mol. The molecule has 0 radical (unpaired) electrons. The molecule has 140 valence electrons. The van der Waals surface area contributed by atoms with E-state index in [2.05, 4.69) is 20.9 Å². The highest BCUT2D eigenvalue weighted by Gasteiger charge is 2.18. The van der Waals surface area contributed by atoms with Crippen molar-refractivity contribution in [3.63, 3.8) is 0 Å². The molecule has 0 aliphatic rings. The summed E-state index contributed by atoms with van der Waals surface area (Å²) >= 11 is 13.3. The van der Waals surface area contributed by atoms with Gasteiger partial charge in [-0.15, -0.1) is 11.3 Å². The van der Waals surface area contributed by atoms with Gasteiger partial charge in [0.05, 0.1) is 22.3 Å². The average molecular weight is 417 g/mol. The van der Waals surface area contributed by atoms with Gasteiger partial charge < -0.3 is 20.7 Å². The molecule has 1 aromatic carbocycles. The molecule has 0 spiro atoms. The van der Waals surface area contributed by atoms with E-state index < -0.39 is 11.9 Å². The van der Waals surface area contributed by atoms with Crippen LogP contribution in [0.2, 0.25) is 10.0 Å². The smallest absolute Gasteiger partial charge is 0.271 e. The van der Waals surface area contributed by atoms with E-state index in [9.17, 15) is 9.59 Å². The zero-order valence-corrected chi connectivity index (χ0v) is 16.5. The van der Waals surface area contributed by atoms with Crippen LogP contribution in [0.3, 0.4) is 0 Å². The molecule has 1 heterocycles. The summed E-state index contributed by atoms with van der Waals surface area (Å²) in [5.74, 6) is -0.740. The summed E-state index contributed by atoms with van der Waals surface area (Å²) in [6.45, 7) is 2.37. The predicted octanol–water partition coefficient (Wildman–Crippen LogP) is 3.07. The quantitative estimate of drug-likeness (QED) is 0.575. The van der Waals surface area contributed by atoms with Crippen LogP contribution in [0.5, 0.6) is 0 Å². The molecule has 7 nitrogen and oxygen atoms in total. The minimum Gasteiger partial charge on any atom is -0.383 e. The van der Waals surface area contributed by atoms with Crippen molar-refractivity contribution in [2.45, 2.75) is 13.0 Å². The Bertz CT molecular complexity index is 785. The van der Waals surface area contributed by atoms with Crippen LogP contribution < -0.4 is 16.0 Å². The second kappa shape index (κ2) is 9.72. The molecule has 26 heavy (non-hydrogen) atoms. The number of hydrogen-bond donors (Lipinski definition) is 3. The zero-order chi connectivity index (χ0) is 19.1. The topological polar surface area (TPSA) is 92.4 Å². The summed E-state index contributed by atoms with van der Waals surface area (Å²) in [6.07, 6.45) is 0. The number of ether oxygens (including phenoxy) is 1.